The number of furan rings is 1. The Hall–Kier alpha value is -1.61. The molecule has 2 fully saturated rings. The van der Waals surface area contributed by atoms with Gasteiger partial charge in [-0.2, -0.15) is 0 Å². The zero-order chi connectivity index (χ0) is 18.1. The van der Waals surface area contributed by atoms with E-state index in [1.807, 2.05) is 18.4 Å². The minimum Gasteiger partial charge on any atom is -0.464 e. The fourth-order valence-electron chi connectivity index (χ4n) is 5.09. The molecule has 3 nitrogen and oxygen atoms in total. The van der Waals surface area contributed by atoms with Crippen LogP contribution in [-0.4, -0.2) is 29.8 Å². The fourth-order valence-corrected chi connectivity index (χ4v) is 5.09. The van der Waals surface area contributed by atoms with E-state index in [4.69, 9.17) is 4.42 Å². The minimum atomic E-state index is 0.133. The Morgan fingerprint density at radius 3 is 2.85 bits per heavy atom. The summed E-state index contributed by atoms with van der Waals surface area (Å²) in [6, 6.07) is 6.77. The first-order valence-electron chi connectivity index (χ1n) is 10.5. The molecule has 2 aliphatic rings. The van der Waals surface area contributed by atoms with Gasteiger partial charge in [0.15, 0.2) is 5.78 Å². The van der Waals surface area contributed by atoms with Gasteiger partial charge in [-0.25, -0.2) is 0 Å². The molecule has 4 rings (SSSR count). The van der Waals surface area contributed by atoms with Crippen LogP contribution in [0.1, 0.15) is 80.6 Å². The van der Waals surface area contributed by atoms with Gasteiger partial charge in [0.05, 0.1) is 6.26 Å². The van der Waals surface area contributed by atoms with Crippen molar-refractivity contribution in [3.8, 4) is 0 Å². The molecule has 2 unspecified atom stereocenters. The SMILES string of the molecule is CCC(CC)C(=O)c1ccc2occ(C3CCN4CCCCC4C3)c2c1. The van der Waals surface area contributed by atoms with Gasteiger partial charge in [0.1, 0.15) is 5.58 Å². The maximum Gasteiger partial charge on any atom is 0.165 e. The monoisotopic (exact) mass is 353 g/mol. The third-order valence-electron chi connectivity index (χ3n) is 6.75. The molecule has 26 heavy (non-hydrogen) atoms. The third kappa shape index (κ3) is 3.22. The highest BCUT2D eigenvalue weighted by molar-refractivity contribution is 6.01. The molecule has 0 N–H and O–H groups in total. The predicted octanol–water partition coefficient (Wildman–Crippen LogP) is 5.78. The van der Waals surface area contributed by atoms with E-state index in [1.54, 1.807) is 0 Å². The third-order valence-corrected chi connectivity index (χ3v) is 6.75. The summed E-state index contributed by atoms with van der Waals surface area (Å²) in [7, 11) is 0. The molecule has 140 valence electrons. The van der Waals surface area contributed by atoms with Crippen LogP contribution in [0.25, 0.3) is 11.0 Å². The summed E-state index contributed by atoms with van der Waals surface area (Å²) in [5.74, 6) is 0.980. The van der Waals surface area contributed by atoms with Gasteiger partial charge in [-0.1, -0.05) is 20.3 Å². The lowest BCUT2D eigenvalue weighted by molar-refractivity contribution is 0.0913. The first-order valence-corrected chi connectivity index (χ1v) is 10.5. The molecule has 1 aromatic heterocycles. The van der Waals surface area contributed by atoms with Crippen LogP contribution in [0.3, 0.4) is 0 Å². The molecule has 1 aromatic carbocycles. The van der Waals surface area contributed by atoms with Crippen LogP contribution in [0.2, 0.25) is 0 Å². The van der Waals surface area contributed by atoms with E-state index in [0.29, 0.717) is 5.92 Å². The van der Waals surface area contributed by atoms with Gasteiger partial charge in [-0.15, -0.1) is 0 Å². The first kappa shape index (κ1) is 17.8. The number of benzene rings is 1. The van der Waals surface area contributed by atoms with Crippen molar-refractivity contribution in [1.29, 1.82) is 0 Å². The Morgan fingerprint density at radius 2 is 2.04 bits per heavy atom. The van der Waals surface area contributed by atoms with Crippen molar-refractivity contribution in [2.24, 2.45) is 5.92 Å². The normalized spacial score (nSPS) is 24.1. The fraction of sp³-hybridized carbons (Fsp3) is 0.609. The van der Waals surface area contributed by atoms with Gasteiger partial charge < -0.3 is 9.32 Å². The van der Waals surface area contributed by atoms with Crippen molar-refractivity contribution < 1.29 is 9.21 Å². The highest BCUT2D eigenvalue weighted by Crippen LogP contribution is 2.39. The Labute approximate surface area is 156 Å². The van der Waals surface area contributed by atoms with Crippen molar-refractivity contribution in [3.63, 3.8) is 0 Å². The predicted molar refractivity (Wildman–Crippen MR) is 106 cm³/mol. The highest BCUT2D eigenvalue weighted by Gasteiger charge is 2.32. The summed E-state index contributed by atoms with van der Waals surface area (Å²) >= 11 is 0. The number of piperidine rings is 2. The molecule has 3 heteroatoms. The van der Waals surface area contributed by atoms with E-state index in [0.717, 1.165) is 35.4 Å². The number of rotatable bonds is 5. The molecule has 2 aromatic rings. The van der Waals surface area contributed by atoms with Crippen molar-refractivity contribution in [1.82, 2.24) is 4.90 Å². The van der Waals surface area contributed by atoms with Gasteiger partial charge >= 0.3 is 0 Å². The van der Waals surface area contributed by atoms with E-state index >= 15 is 0 Å². The average Bonchev–Trinajstić information content (AvgIpc) is 3.11. The van der Waals surface area contributed by atoms with E-state index in [2.05, 4.69) is 24.8 Å². The molecule has 0 saturated carbocycles. The molecule has 2 atom stereocenters. The Bertz CT molecular complexity index is 774. The number of nitrogens with zero attached hydrogens (tertiary/aromatic N) is 1. The maximum absolute atomic E-state index is 12.8. The lowest BCUT2D eigenvalue weighted by Crippen LogP contribution is -2.44. The summed E-state index contributed by atoms with van der Waals surface area (Å²) < 4.78 is 5.86. The molecule has 0 radical (unpaired) electrons. The Kier molecular flexibility index (Phi) is 5.17. The van der Waals surface area contributed by atoms with Crippen molar-refractivity contribution in [2.75, 3.05) is 13.1 Å². The van der Waals surface area contributed by atoms with Gasteiger partial charge in [-0.05, 0) is 75.7 Å². The smallest absolute Gasteiger partial charge is 0.165 e. The topological polar surface area (TPSA) is 33.5 Å². The van der Waals surface area contributed by atoms with E-state index < -0.39 is 0 Å². The summed E-state index contributed by atoms with van der Waals surface area (Å²) in [4.78, 5) is 15.5. The molecule has 0 aliphatic carbocycles. The molecule has 2 aliphatic heterocycles. The van der Waals surface area contributed by atoms with Gasteiger partial charge in [0.25, 0.3) is 0 Å². The maximum atomic E-state index is 12.8. The molecule has 3 heterocycles. The average molecular weight is 354 g/mol. The van der Waals surface area contributed by atoms with E-state index in [-0.39, 0.29) is 11.7 Å². The van der Waals surface area contributed by atoms with Gasteiger partial charge in [-0.3, -0.25) is 4.79 Å². The highest BCUT2D eigenvalue weighted by atomic mass is 16.3. The van der Waals surface area contributed by atoms with Crippen molar-refractivity contribution >= 4 is 16.8 Å². The van der Waals surface area contributed by atoms with Crippen LogP contribution < -0.4 is 0 Å². The molecular formula is C23H31NO2. The quantitative estimate of drug-likeness (QED) is 0.639. The lowest BCUT2D eigenvalue weighted by Gasteiger charge is -2.42. The minimum absolute atomic E-state index is 0.133. The van der Waals surface area contributed by atoms with Crippen LogP contribution in [0, 0.1) is 5.92 Å². The van der Waals surface area contributed by atoms with Crippen LogP contribution in [-0.2, 0) is 0 Å². The molecular weight excluding hydrogens is 322 g/mol. The van der Waals surface area contributed by atoms with Crippen LogP contribution in [0.15, 0.2) is 28.9 Å². The van der Waals surface area contributed by atoms with Crippen LogP contribution >= 0.6 is 0 Å². The number of carbonyl (C=O) groups is 1. The number of fused-ring (bicyclic) bond motifs is 2. The second-order valence-electron chi connectivity index (χ2n) is 8.19. The molecule has 0 spiro atoms. The first-order chi connectivity index (χ1) is 12.7. The van der Waals surface area contributed by atoms with Gasteiger partial charge in [0, 0.05) is 28.5 Å². The number of carbonyl (C=O) groups excluding carboxylic acids is 1. The standard InChI is InChI=1S/C23H31NO2/c1-3-16(4-2)23(25)18-8-9-22-20(14-18)21(15-26-22)17-10-12-24-11-6-5-7-19(24)13-17/h8-9,14-17,19H,3-7,10-13H2,1-2H3. The second kappa shape index (κ2) is 7.56. The van der Waals surface area contributed by atoms with Crippen molar-refractivity contribution in [3.05, 3.63) is 35.6 Å². The largest absolute Gasteiger partial charge is 0.464 e. The summed E-state index contributed by atoms with van der Waals surface area (Å²) in [5, 5.41) is 1.16. The van der Waals surface area contributed by atoms with Crippen molar-refractivity contribution in [2.45, 2.75) is 70.8 Å². The number of hydrogen-bond acceptors (Lipinski definition) is 3. The van der Waals surface area contributed by atoms with Crippen LogP contribution in [0.4, 0.5) is 0 Å². The van der Waals surface area contributed by atoms with E-state index in [1.165, 1.54) is 50.8 Å². The summed E-state index contributed by atoms with van der Waals surface area (Å²) in [5.41, 5.74) is 3.10. The Morgan fingerprint density at radius 1 is 1.19 bits per heavy atom. The zero-order valence-electron chi connectivity index (χ0n) is 16.2. The van der Waals surface area contributed by atoms with Crippen LogP contribution in [0.5, 0.6) is 0 Å². The molecule has 2 saturated heterocycles. The number of ketones is 1. The molecule has 0 amide bonds. The number of Topliss-reactive ketones (excluding diaryl/α,β-unsaturated/α-hetero) is 1. The summed E-state index contributed by atoms with van der Waals surface area (Å²) in [6.45, 7) is 6.68. The Balaban J connectivity index is 1.61. The lowest BCUT2D eigenvalue weighted by atomic mass is 9.81. The summed E-state index contributed by atoms with van der Waals surface area (Å²) in [6.07, 6.45) is 10.3. The molecule has 0 bridgehead atoms. The zero-order valence-corrected chi connectivity index (χ0v) is 16.2. The second-order valence-corrected chi connectivity index (χ2v) is 8.19. The number of hydrogen-bond donors (Lipinski definition) is 0. The van der Waals surface area contributed by atoms with E-state index in [9.17, 15) is 4.79 Å². The van der Waals surface area contributed by atoms with Gasteiger partial charge in [0.2, 0.25) is 0 Å².